The number of nitriles is 1. The monoisotopic (exact) mass is 315 g/mol. The summed E-state index contributed by atoms with van der Waals surface area (Å²) in [5.74, 6) is 0.669. The van der Waals surface area contributed by atoms with Crippen molar-refractivity contribution in [2.24, 2.45) is 0 Å². The van der Waals surface area contributed by atoms with E-state index in [9.17, 15) is 5.26 Å². The number of hydrogen-bond donors (Lipinski definition) is 2. The van der Waals surface area contributed by atoms with Gasteiger partial charge in [0.05, 0.1) is 41.0 Å². The van der Waals surface area contributed by atoms with Gasteiger partial charge >= 0.3 is 0 Å². The highest BCUT2D eigenvalue weighted by molar-refractivity contribution is 6.00. The van der Waals surface area contributed by atoms with Crippen LogP contribution in [0.5, 0.6) is 5.75 Å². The minimum absolute atomic E-state index is 0.455. The van der Waals surface area contributed by atoms with E-state index >= 15 is 0 Å². The number of pyridine rings is 1. The molecule has 0 spiro atoms. The molecular weight excluding hydrogens is 302 g/mol. The Morgan fingerprint density at radius 2 is 2.12 bits per heavy atom. The lowest BCUT2D eigenvalue weighted by Gasteiger charge is -2.14. The lowest BCUT2D eigenvalue weighted by atomic mass is 10.1. The lowest BCUT2D eigenvalue weighted by molar-refractivity contribution is 0.420. The molecule has 2 aromatic carbocycles. The van der Waals surface area contributed by atoms with Crippen molar-refractivity contribution in [1.82, 2.24) is 15.2 Å². The van der Waals surface area contributed by atoms with Crippen molar-refractivity contribution >= 4 is 33.2 Å². The number of aromatic nitrogens is 3. The summed E-state index contributed by atoms with van der Waals surface area (Å²) in [6.07, 6.45) is 3.34. The molecule has 0 amide bonds. The summed E-state index contributed by atoms with van der Waals surface area (Å²) < 4.78 is 5.46. The predicted octanol–water partition coefficient (Wildman–Crippen LogP) is 3.73. The van der Waals surface area contributed by atoms with Gasteiger partial charge in [-0.1, -0.05) is 6.07 Å². The zero-order valence-corrected chi connectivity index (χ0v) is 12.9. The average molecular weight is 315 g/mol. The molecule has 2 N–H and O–H groups in total. The molecule has 0 fully saturated rings. The van der Waals surface area contributed by atoms with E-state index in [2.05, 4.69) is 26.6 Å². The fourth-order valence-electron chi connectivity index (χ4n) is 2.76. The predicted molar refractivity (Wildman–Crippen MR) is 92.4 cm³/mol. The van der Waals surface area contributed by atoms with Crippen molar-refractivity contribution in [2.45, 2.75) is 0 Å². The molecule has 0 aliphatic heterocycles. The van der Waals surface area contributed by atoms with Crippen LogP contribution in [0.3, 0.4) is 0 Å². The molecule has 6 heteroatoms. The van der Waals surface area contributed by atoms with Crippen molar-refractivity contribution in [1.29, 1.82) is 5.26 Å². The van der Waals surface area contributed by atoms with Gasteiger partial charge in [0.2, 0.25) is 0 Å². The van der Waals surface area contributed by atoms with Crippen molar-refractivity contribution in [3.8, 4) is 11.8 Å². The minimum atomic E-state index is 0.455. The number of methoxy groups -OCH3 is 1. The Morgan fingerprint density at radius 1 is 1.21 bits per heavy atom. The van der Waals surface area contributed by atoms with Crippen LogP contribution in [0.15, 0.2) is 48.8 Å². The van der Waals surface area contributed by atoms with Gasteiger partial charge in [-0.2, -0.15) is 10.4 Å². The van der Waals surface area contributed by atoms with E-state index in [0.29, 0.717) is 17.0 Å². The molecule has 116 valence electrons. The Balaban J connectivity index is 1.92. The first kappa shape index (κ1) is 14.0. The van der Waals surface area contributed by atoms with Crippen LogP contribution in [0.1, 0.15) is 5.56 Å². The Labute approximate surface area is 137 Å². The van der Waals surface area contributed by atoms with E-state index in [0.717, 1.165) is 27.5 Å². The van der Waals surface area contributed by atoms with Gasteiger partial charge in [0, 0.05) is 17.3 Å². The summed E-state index contributed by atoms with van der Waals surface area (Å²) in [5.41, 5.74) is 3.67. The first-order chi connectivity index (χ1) is 11.8. The van der Waals surface area contributed by atoms with Gasteiger partial charge in [-0.05, 0) is 30.3 Å². The third-order valence-electron chi connectivity index (χ3n) is 3.91. The molecule has 0 atom stereocenters. The number of nitrogens with zero attached hydrogens (tertiary/aromatic N) is 3. The van der Waals surface area contributed by atoms with E-state index in [4.69, 9.17) is 4.74 Å². The second-order valence-corrected chi connectivity index (χ2v) is 5.31. The van der Waals surface area contributed by atoms with Crippen molar-refractivity contribution in [3.05, 3.63) is 54.4 Å². The smallest absolute Gasteiger partial charge is 0.130 e. The highest BCUT2D eigenvalue weighted by Crippen LogP contribution is 2.35. The number of nitrogens with one attached hydrogen (secondary N) is 2. The molecule has 24 heavy (non-hydrogen) atoms. The van der Waals surface area contributed by atoms with Crippen LogP contribution in [-0.2, 0) is 0 Å². The van der Waals surface area contributed by atoms with Crippen LogP contribution in [0, 0.1) is 11.3 Å². The highest BCUT2D eigenvalue weighted by atomic mass is 16.5. The normalized spacial score (nSPS) is 10.7. The maximum absolute atomic E-state index is 9.47. The Bertz CT molecular complexity index is 1090. The summed E-state index contributed by atoms with van der Waals surface area (Å²) in [4.78, 5) is 4.35. The van der Waals surface area contributed by atoms with Crippen LogP contribution >= 0.6 is 0 Å². The van der Waals surface area contributed by atoms with Crippen LogP contribution in [0.4, 0.5) is 11.4 Å². The molecule has 0 saturated heterocycles. The number of hydrogen-bond acceptors (Lipinski definition) is 5. The summed E-state index contributed by atoms with van der Waals surface area (Å²) in [6, 6.07) is 13.7. The fourth-order valence-corrected chi connectivity index (χ4v) is 2.76. The largest absolute Gasteiger partial charge is 0.496 e. The van der Waals surface area contributed by atoms with E-state index in [1.165, 1.54) is 0 Å². The fraction of sp³-hybridized carbons (Fsp3) is 0.0556. The summed E-state index contributed by atoms with van der Waals surface area (Å²) >= 11 is 0. The SMILES string of the molecule is COc1cccc2ncc(C#N)c(Nc3ccc4cn[nH]c4c3)c12. The summed E-state index contributed by atoms with van der Waals surface area (Å²) in [6.45, 7) is 0. The van der Waals surface area contributed by atoms with E-state index in [-0.39, 0.29) is 0 Å². The van der Waals surface area contributed by atoms with Gasteiger partial charge in [-0.3, -0.25) is 10.1 Å². The van der Waals surface area contributed by atoms with Gasteiger partial charge < -0.3 is 10.1 Å². The summed E-state index contributed by atoms with van der Waals surface area (Å²) in [7, 11) is 1.61. The van der Waals surface area contributed by atoms with Crippen molar-refractivity contribution in [3.63, 3.8) is 0 Å². The molecule has 6 nitrogen and oxygen atoms in total. The van der Waals surface area contributed by atoms with Crippen molar-refractivity contribution in [2.75, 3.05) is 12.4 Å². The summed E-state index contributed by atoms with van der Waals surface area (Å²) in [5, 5.41) is 21.6. The minimum Gasteiger partial charge on any atom is -0.496 e. The van der Waals surface area contributed by atoms with Gasteiger partial charge in [0.25, 0.3) is 0 Å². The third-order valence-corrected chi connectivity index (χ3v) is 3.91. The molecule has 0 aliphatic carbocycles. The first-order valence-corrected chi connectivity index (χ1v) is 7.36. The zero-order chi connectivity index (χ0) is 16.5. The Hall–Kier alpha value is -3.59. The molecule has 0 saturated carbocycles. The number of benzene rings is 2. The van der Waals surface area contributed by atoms with Crippen LogP contribution in [0.2, 0.25) is 0 Å². The second-order valence-electron chi connectivity index (χ2n) is 5.31. The quantitative estimate of drug-likeness (QED) is 0.601. The molecule has 0 bridgehead atoms. The number of anilines is 2. The lowest BCUT2D eigenvalue weighted by Crippen LogP contribution is -1.98. The van der Waals surface area contributed by atoms with Crippen molar-refractivity contribution < 1.29 is 4.74 Å². The zero-order valence-electron chi connectivity index (χ0n) is 12.9. The Morgan fingerprint density at radius 3 is 2.96 bits per heavy atom. The van der Waals surface area contributed by atoms with Crippen LogP contribution in [-0.4, -0.2) is 22.3 Å². The number of rotatable bonds is 3. The molecule has 0 aliphatic rings. The van der Waals surface area contributed by atoms with Crippen LogP contribution < -0.4 is 10.1 Å². The van der Waals surface area contributed by atoms with E-state index < -0.39 is 0 Å². The molecular formula is C18H13N5O. The standard InChI is InChI=1S/C18H13N5O/c1-24-16-4-2-3-14-17(16)18(12(8-19)9-20-14)22-13-6-5-11-10-21-23-15(11)7-13/h2-7,9-10H,1H3,(H,20,22)(H,21,23). The highest BCUT2D eigenvalue weighted by Gasteiger charge is 2.13. The Kier molecular flexibility index (Phi) is 3.25. The maximum atomic E-state index is 9.47. The third kappa shape index (κ3) is 2.20. The number of H-pyrrole nitrogens is 1. The topological polar surface area (TPSA) is 86.6 Å². The number of aromatic amines is 1. The number of ether oxygens (including phenoxy) is 1. The second kappa shape index (κ2) is 5.56. The molecule has 0 unspecified atom stereocenters. The van der Waals surface area contributed by atoms with E-state index in [1.54, 1.807) is 19.5 Å². The molecule has 2 heterocycles. The average Bonchev–Trinajstić information content (AvgIpc) is 3.09. The first-order valence-electron chi connectivity index (χ1n) is 7.36. The van der Waals surface area contributed by atoms with Gasteiger partial charge in [-0.25, -0.2) is 0 Å². The van der Waals surface area contributed by atoms with E-state index in [1.807, 2.05) is 36.4 Å². The van der Waals surface area contributed by atoms with Gasteiger partial charge in [-0.15, -0.1) is 0 Å². The van der Waals surface area contributed by atoms with Gasteiger partial charge in [0.1, 0.15) is 11.8 Å². The molecule has 0 radical (unpaired) electrons. The van der Waals surface area contributed by atoms with Crippen LogP contribution in [0.25, 0.3) is 21.8 Å². The molecule has 4 aromatic rings. The number of fused-ring (bicyclic) bond motifs is 2. The molecule has 4 rings (SSSR count). The maximum Gasteiger partial charge on any atom is 0.130 e. The molecule has 2 aromatic heterocycles. The van der Waals surface area contributed by atoms with Gasteiger partial charge in [0.15, 0.2) is 0 Å².